The number of nitrogens with zero attached hydrogens (tertiary/aromatic N) is 2. The summed E-state index contributed by atoms with van der Waals surface area (Å²) in [5, 5.41) is 4.15. The molecule has 0 radical (unpaired) electrons. The first-order chi connectivity index (χ1) is 6.77. The molecule has 0 atom stereocenters. The minimum absolute atomic E-state index is 0.0929. The Morgan fingerprint density at radius 2 is 1.79 bits per heavy atom. The van der Waals surface area contributed by atoms with Gasteiger partial charge in [0, 0.05) is 18.7 Å². The van der Waals surface area contributed by atoms with Crippen molar-refractivity contribution in [3.63, 3.8) is 0 Å². The zero-order valence-corrected chi connectivity index (χ0v) is 7.84. The number of hydrogen-bond acceptors (Lipinski definition) is 2. The van der Waals surface area contributed by atoms with Crippen LogP contribution in [0.5, 0.6) is 0 Å². The van der Waals surface area contributed by atoms with Crippen LogP contribution in [0.3, 0.4) is 0 Å². The van der Waals surface area contributed by atoms with E-state index in [9.17, 15) is 4.79 Å². The third-order valence-electron chi connectivity index (χ3n) is 2.03. The topological polar surface area (TPSA) is 34.9 Å². The molecule has 2 aromatic rings. The molecule has 14 heavy (non-hydrogen) atoms. The maximum absolute atomic E-state index is 11.1. The fraction of sp³-hybridized carbons (Fsp3) is 0.0909. The highest BCUT2D eigenvalue weighted by Gasteiger charge is 1.98. The zero-order valence-electron chi connectivity index (χ0n) is 7.84. The van der Waals surface area contributed by atoms with Gasteiger partial charge in [0.15, 0.2) is 0 Å². The number of aryl methyl sites for hydroxylation is 1. The first kappa shape index (κ1) is 8.69. The molecule has 0 fully saturated rings. The van der Waals surface area contributed by atoms with Crippen molar-refractivity contribution in [3.05, 3.63) is 52.8 Å². The first-order valence-electron chi connectivity index (χ1n) is 4.37. The molecular weight excluding hydrogens is 176 g/mol. The molecule has 3 heteroatoms. The Bertz CT molecular complexity index is 488. The van der Waals surface area contributed by atoms with E-state index in [1.165, 1.54) is 10.7 Å². The third-order valence-corrected chi connectivity index (χ3v) is 2.03. The second kappa shape index (κ2) is 3.46. The van der Waals surface area contributed by atoms with Crippen molar-refractivity contribution < 1.29 is 0 Å². The predicted octanol–water partition coefficient (Wildman–Crippen LogP) is 1.45. The van der Waals surface area contributed by atoms with Gasteiger partial charge in [-0.25, -0.2) is 4.68 Å². The van der Waals surface area contributed by atoms with Crippen LogP contribution < -0.4 is 5.56 Å². The van der Waals surface area contributed by atoms with Gasteiger partial charge in [0.25, 0.3) is 5.56 Å². The molecule has 1 heterocycles. The number of aromatic nitrogens is 2. The number of hydrogen-bond donors (Lipinski definition) is 0. The van der Waals surface area contributed by atoms with E-state index in [1.807, 2.05) is 30.3 Å². The minimum atomic E-state index is -0.0929. The molecule has 0 N–H and O–H groups in total. The molecule has 0 saturated heterocycles. The monoisotopic (exact) mass is 186 g/mol. The average Bonchev–Trinajstić information content (AvgIpc) is 2.23. The highest BCUT2D eigenvalue weighted by Crippen LogP contribution is 2.13. The molecule has 70 valence electrons. The van der Waals surface area contributed by atoms with E-state index in [0.29, 0.717) is 0 Å². The van der Waals surface area contributed by atoms with Crippen LogP contribution in [0.4, 0.5) is 0 Å². The summed E-state index contributed by atoms with van der Waals surface area (Å²) in [4.78, 5) is 11.1. The van der Waals surface area contributed by atoms with E-state index in [-0.39, 0.29) is 5.56 Å². The minimum Gasteiger partial charge on any atom is -0.268 e. The molecule has 0 aliphatic carbocycles. The third kappa shape index (κ3) is 1.57. The van der Waals surface area contributed by atoms with E-state index in [1.54, 1.807) is 13.1 Å². The van der Waals surface area contributed by atoms with Crippen molar-refractivity contribution in [2.45, 2.75) is 0 Å². The Hall–Kier alpha value is -1.90. The lowest BCUT2D eigenvalue weighted by molar-refractivity contribution is 0.712. The summed E-state index contributed by atoms with van der Waals surface area (Å²) >= 11 is 0. The molecule has 0 aliphatic heterocycles. The summed E-state index contributed by atoms with van der Waals surface area (Å²) in [5.41, 5.74) is 1.74. The fourth-order valence-corrected chi connectivity index (χ4v) is 1.27. The van der Waals surface area contributed by atoms with Crippen LogP contribution in [-0.4, -0.2) is 9.78 Å². The lowest BCUT2D eigenvalue weighted by Gasteiger charge is -2.01. The molecular formula is C11H10N2O. The predicted molar refractivity (Wildman–Crippen MR) is 54.9 cm³/mol. The van der Waals surface area contributed by atoms with Gasteiger partial charge in [-0.3, -0.25) is 4.79 Å². The first-order valence-corrected chi connectivity index (χ1v) is 4.37. The number of rotatable bonds is 1. The zero-order chi connectivity index (χ0) is 9.97. The highest BCUT2D eigenvalue weighted by atomic mass is 16.1. The summed E-state index contributed by atoms with van der Waals surface area (Å²) in [6.45, 7) is 0. The smallest absolute Gasteiger partial charge is 0.266 e. The van der Waals surface area contributed by atoms with Crippen LogP contribution in [-0.2, 0) is 7.05 Å². The van der Waals surface area contributed by atoms with Gasteiger partial charge in [0.05, 0.1) is 5.69 Å². The molecule has 2 rings (SSSR count). The van der Waals surface area contributed by atoms with E-state index in [0.717, 1.165) is 11.3 Å². The normalized spacial score (nSPS) is 10.1. The SMILES string of the molecule is Cn1nc(-c2ccccc2)ccc1=O. The van der Waals surface area contributed by atoms with Gasteiger partial charge in [0.1, 0.15) is 0 Å². The van der Waals surface area contributed by atoms with E-state index < -0.39 is 0 Å². The Morgan fingerprint density at radius 3 is 2.43 bits per heavy atom. The average molecular weight is 186 g/mol. The highest BCUT2D eigenvalue weighted by molar-refractivity contribution is 5.57. The quantitative estimate of drug-likeness (QED) is 0.675. The van der Waals surface area contributed by atoms with Gasteiger partial charge in [-0.05, 0) is 6.07 Å². The Kier molecular flexibility index (Phi) is 2.14. The molecule has 0 unspecified atom stereocenters. The van der Waals surface area contributed by atoms with Crippen LogP contribution in [0, 0.1) is 0 Å². The van der Waals surface area contributed by atoms with Crippen molar-refractivity contribution in [1.29, 1.82) is 0 Å². The largest absolute Gasteiger partial charge is 0.268 e. The molecule has 1 aromatic carbocycles. The lowest BCUT2D eigenvalue weighted by Crippen LogP contribution is -2.18. The molecule has 0 amide bonds. The van der Waals surface area contributed by atoms with Crippen molar-refractivity contribution in [3.8, 4) is 11.3 Å². The summed E-state index contributed by atoms with van der Waals surface area (Å²) < 4.78 is 1.34. The summed E-state index contributed by atoms with van der Waals surface area (Å²) in [6.07, 6.45) is 0. The van der Waals surface area contributed by atoms with Crippen molar-refractivity contribution in [2.24, 2.45) is 7.05 Å². The van der Waals surface area contributed by atoms with Crippen molar-refractivity contribution >= 4 is 0 Å². The number of benzene rings is 1. The fourth-order valence-electron chi connectivity index (χ4n) is 1.27. The van der Waals surface area contributed by atoms with Crippen LogP contribution in [0.25, 0.3) is 11.3 Å². The summed E-state index contributed by atoms with van der Waals surface area (Å²) in [5.74, 6) is 0. The van der Waals surface area contributed by atoms with Gasteiger partial charge in [-0.15, -0.1) is 0 Å². The Balaban J connectivity index is 2.54. The van der Waals surface area contributed by atoms with E-state index in [2.05, 4.69) is 5.10 Å². The van der Waals surface area contributed by atoms with Crippen LogP contribution >= 0.6 is 0 Å². The molecule has 0 aliphatic rings. The van der Waals surface area contributed by atoms with Crippen LogP contribution in [0.1, 0.15) is 0 Å². The molecule has 0 spiro atoms. The van der Waals surface area contributed by atoms with Gasteiger partial charge in [-0.1, -0.05) is 30.3 Å². The summed E-state index contributed by atoms with van der Waals surface area (Å²) in [6, 6.07) is 13.0. The van der Waals surface area contributed by atoms with Gasteiger partial charge in [0.2, 0.25) is 0 Å². The van der Waals surface area contributed by atoms with E-state index in [4.69, 9.17) is 0 Å². The maximum atomic E-state index is 11.1. The van der Waals surface area contributed by atoms with Crippen LogP contribution in [0.15, 0.2) is 47.3 Å². The molecule has 0 bridgehead atoms. The summed E-state index contributed by atoms with van der Waals surface area (Å²) in [7, 11) is 1.65. The standard InChI is InChI=1S/C11H10N2O/c1-13-11(14)8-7-10(12-13)9-5-3-2-4-6-9/h2-8H,1H3. The molecule has 3 nitrogen and oxygen atoms in total. The van der Waals surface area contributed by atoms with Crippen molar-refractivity contribution in [1.82, 2.24) is 9.78 Å². The molecule has 1 aromatic heterocycles. The Labute approximate surface area is 81.6 Å². The van der Waals surface area contributed by atoms with Gasteiger partial charge < -0.3 is 0 Å². The van der Waals surface area contributed by atoms with Crippen molar-refractivity contribution in [2.75, 3.05) is 0 Å². The maximum Gasteiger partial charge on any atom is 0.266 e. The van der Waals surface area contributed by atoms with Gasteiger partial charge >= 0.3 is 0 Å². The lowest BCUT2D eigenvalue weighted by atomic mass is 10.1. The molecule has 0 saturated carbocycles. The van der Waals surface area contributed by atoms with Gasteiger partial charge in [-0.2, -0.15) is 5.10 Å². The second-order valence-electron chi connectivity index (χ2n) is 3.05. The Morgan fingerprint density at radius 1 is 1.07 bits per heavy atom. The van der Waals surface area contributed by atoms with E-state index >= 15 is 0 Å². The second-order valence-corrected chi connectivity index (χ2v) is 3.05. The van der Waals surface area contributed by atoms with Crippen LogP contribution in [0.2, 0.25) is 0 Å².